The van der Waals surface area contributed by atoms with Gasteiger partial charge >= 0.3 is 0 Å². The monoisotopic (exact) mass is 414 g/mol. The van der Waals surface area contributed by atoms with Gasteiger partial charge in [-0.05, 0) is 36.3 Å². The molecule has 2 aromatic rings. The van der Waals surface area contributed by atoms with Crippen molar-refractivity contribution in [3.8, 4) is 17.2 Å². The fraction of sp³-hybridized carbons (Fsp3) is 0.435. The van der Waals surface area contributed by atoms with Crippen molar-refractivity contribution in [1.82, 2.24) is 15.5 Å². The summed E-state index contributed by atoms with van der Waals surface area (Å²) in [5, 5.41) is 16.8. The Labute approximate surface area is 179 Å². The van der Waals surface area contributed by atoms with Crippen LogP contribution in [0.1, 0.15) is 31.0 Å². The van der Waals surface area contributed by atoms with Crippen LogP contribution in [0.2, 0.25) is 0 Å². The lowest BCUT2D eigenvalue weighted by atomic mass is 10.1. The first-order valence-corrected chi connectivity index (χ1v) is 10.2. The minimum absolute atomic E-state index is 0.00353. The summed E-state index contributed by atoms with van der Waals surface area (Å²) in [5.41, 5.74) is 2.19. The average Bonchev–Trinajstić information content (AvgIpc) is 2.79. The first-order chi connectivity index (χ1) is 14.6. The van der Waals surface area contributed by atoms with Gasteiger partial charge in [0.05, 0.1) is 20.3 Å². The topological polar surface area (TPSA) is 78.4 Å². The number of hydrogen-bond donors (Lipinski definition) is 3. The summed E-state index contributed by atoms with van der Waals surface area (Å²) in [5.74, 6) is 1.45. The van der Waals surface area contributed by atoms with E-state index in [9.17, 15) is 5.11 Å². The van der Waals surface area contributed by atoms with Crippen molar-refractivity contribution < 1.29 is 14.6 Å². The van der Waals surface area contributed by atoms with E-state index in [0.717, 1.165) is 25.2 Å². The fourth-order valence-corrected chi connectivity index (χ4v) is 3.45. The zero-order valence-corrected chi connectivity index (χ0v) is 18.6. The van der Waals surface area contributed by atoms with Crippen molar-refractivity contribution in [2.45, 2.75) is 26.4 Å². The Kier molecular flexibility index (Phi) is 9.28. The number of benzene rings is 2. The minimum atomic E-state index is -0.00353. The summed E-state index contributed by atoms with van der Waals surface area (Å²) < 4.78 is 10.5. The van der Waals surface area contributed by atoms with Gasteiger partial charge in [0.1, 0.15) is 0 Å². The molecule has 0 radical (unpaired) electrons. The number of guanidine groups is 1. The summed E-state index contributed by atoms with van der Waals surface area (Å²) in [6.07, 6.45) is 0. The van der Waals surface area contributed by atoms with Crippen molar-refractivity contribution >= 4 is 5.96 Å². The van der Waals surface area contributed by atoms with Crippen molar-refractivity contribution in [3.63, 3.8) is 0 Å². The highest BCUT2D eigenvalue weighted by molar-refractivity contribution is 5.79. The van der Waals surface area contributed by atoms with Crippen LogP contribution in [-0.2, 0) is 6.54 Å². The normalized spacial score (nSPS) is 12.5. The lowest BCUT2D eigenvalue weighted by Gasteiger charge is -2.30. The molecule has 0 saturated heterocycles. The van der Waals surface area contributed by atoms with Crippen LogP contribution >= 0.6 is 0 Å². The molecule has 0 aromatic heterocycles. The summed E-state index contributed by atoms with van der Waals surface area (Å²) >= 11 is 0. The van der Waals surface area contributed by atoms with E-state index in [1.165, 1.54) is 19.8 Å². The SMILES string of the molecule is CCN(CC)C(CNC(=NC)NCc1cc(OC)c(O)c(OC)c1)c1ccccc1. The zero-order chi connectivity index (χ0) is 21.9. The molecule has 7 nitrogen and oxygen atoms in total. The quantitative estimate of drug-likeness (QED) is 0.409. The van der Waals surface area contributed by atoms with Crippen LogP contribution in [0, 0.1) is 0 Å². The number of ether oxygens (including phenoxy) is 2. The van der Waals surface area contributed by atoms with Crippen LogP contribution in [0.25, 0.3) is 0 Å². The van der Waals surface area contributed by atoms with E-state index in [1.807, 2.05) is 6.07 Å². The van der Waals surface area contributed by atoms with Gasteiger partial charge in [0, 0.05) is 20.1 Å². The molecule has 7 heteroatoms. The number of methoxy groups -OCH3 is 2. The molecule has 0 aliphatic heterocycles. The van der Waals surface area contributed by atoms with E-state index in [4.69, 9.17) is 9.47 Å². The number of hydrogen-bond acceptors (Lipinski definition) is 5. The first-order valence-electron chi connectivity index (χ1n) is 10.2. The van der Waals surface area contributed by atoms with Crippen molar-refractivity contribution in [3.05, 3.63) is 53.6 Å². The Morgan fingerprint density at radius 2 is 1.63 bits per heavy atom. The molecule has 0 fully saturated rings. The fourth-order valence-electron chi connectivity index (χ4n) is 3.45. The molecule has 2 rings (SSSR count). The molecular formula is C23H34N4O3. The van der Waals surface area contributed by atoms with Crippen LogP contribution in [0.5, 0.6) is 17.2 Å². The molecule has 0 amide bonds. The number of likely N-dealkylation sites (N-methyl/N-ethyl adjacent to an activating group) is 1. The molecule has 164 valence electrons. The third-order valence-corrected chi connectivity index (χ3v) is 5.12. The van der Waals surface area contributed by atoms with E-state index in [0.29, 0.717) is 24.0 Å². The van der Waals surface area contributed by atoms with Gasteiger partial charge in [-0.3, -0.25) is 9.89 Å². The molecule has 0 saturated carbocycles. The van der Waals surface area contributed by atoms with E-state index in [-0.39, 0.29) is 11.8 Å². The standard InChI is InChI=1S/C23H34N4O3/c1-6-27(7-2)19(18-11-9-8-10-12-18)16-26-23(24-3)25-15-17-13-20(29-4)22(28)21(14-17)30-5/h8-14,19,28H,6-7,15-16H2,1-5H3,(H2,24,25,26). The number of nitrogens with one attached hydrogen (secondary N) is 2. The maximum absolute atomic E-state index is 10.1. The summed E-state index contributed by atoms with van der Waals surface area (Å²) in [7, 11) is 4.79. The van der Waals surface area contributed by atoms with Gasteiger partial charge in [0.15, 0.2) is 17.5 Å². The smallest absolute Gasteiger partial charge is 0.200 e. The average molecular weight is 415 g/mol. The second-order valence-corrected chi connectivity index (χ2v) is 6.80. The molecule has 0 spiro atoms. The predicted molar refractivity (Wildman–Crippen MR) is 122 cm³/mol. The lowest BCUT2D eigenvalue weighted by molar-refractivity contribution is 0.219. The van der Waals surface area contributed by atoms with E-state index in [2.05, 4.69) is 58.6 Å². The van der Waals surface area contributed by atoms with Crippen LogP contribution in [0.15, 0.2) is 47.5 Å². The van der Waals surface area contributed by atoms with Crippen LogP contribution < -0.4 is 20.1 Å². The highest BCUT2D eigenvalue weighted by Crippen LogP contribution is 2.37. The highest BCUT2D eigenvalue weighted by atomic mass is 16.5. The van der Waals surface area contributed by atoms with E-state index >= 15 is 0 Å². The van der Waals surface area contributed by atoms with Gasteiger partial charge in [-0.25, -0.2) is 0 Å². The number of aliphatic imine (C=N–C) groups is 1. The third-order valence-electron chi connectivity index (χ3n) is 5.12. The largest absolute Gasteiger partial charge is 0.502 e. The van der Waals surface area contributed by atoms with Crippen molar-refractivity contribution in [1.29, 1.82) is 0 Å². The van der Waals surface area contributed by atoms with Gasteiger partial charge in [-0.2, -0.15) is 0 Å². The van der Waals surface area contributed by atoms with E-state index < -0.39 is 0 Å². The van der Waals surface area contributed by atoms with Crippen molar-refractivity contribution in [2.24, 2.45) is 4.99 Å². The Balaban J connectivity index is 2.06. The number of phenols is 1. The van der Waals surface area contributed by atoms with Crippen molar-refractivity contribution in [2.75, 3.05) is 40.9 Å². The zero-order valence-electron chi connectivity index (χ0n) is 18.6. The highest BCUT2D eigenvalue weighted by Gasteiger charge is 2.18. The third kappa shape index (κ3) is 6.03. The Hall–Kier alpha value is -2.93. The van der Waals surface area contributed by atoms with Gasteiger partial charge < -0.3 is 25.2 Å². The maximum atomic E-state index is 10.1. The Morgan fingerprint density at radius 1 is 1.03 bits per heavy atom. The molecule has 1 unspecified atom stereocenters. The second kappa shape index (κ2) is 11.9. The minimum Gasteiger partial charge on any atom is -0.502 e. The van der Waals surface area contributed by atoms with Gasteiger partial charge in [-0.15, -0.1) is 0 Å². The first kappa shape index (κ1) is 23.3. The molecule has 3 N–H and O–H groups in total. The predicted octanol–water partition coefficient (Wildman–Crippen LogP) is 3.16. The molecule has 30 heavy (non-hydrogen) atoms. The van der Waals surface area contributed by atoms with E-state index in [1.54, 1.807) is 19.2 Å². The number of aromatic hydroxyl groups is 1. The van der Waals surface area contributed by atoms with Crippen LogP contribution in [0.4, 0.5) is 0 Å². The Morgan fingerprint density at radius 3 is 2.13 bits per heavy atom. The van der Waals surface area contributed by atoms with Crippen LogP contribution in [-0.4, -0.2) is 56.9 Å². The number of rotatable bonds is 10. The molecule has 0 heterocycles. The Bertz CT molecular complexity index is 782. The number of phenolic OH excluding ortho intramolecular Hbond substituents is 1. The molecule has 0 aliphatic carbocycles. The van der Waals surface area contributed by atoms with Gasteiger partial charge in [0.2, 0.25) is 5.75 Å². The summed E-state index contributed by atoms with van der Waals surface area (Å²) in [4.78, 5) is 6.77. The lowest BCUT2D eigenvalue weighted by Crippen LogP contribution is -2.43. The van der Waals surface area contributed by atoms with Gasteiger partial charge in [-0.1, -0.05) is 44.2 Å². The maximum Gasteiger partial charge on any atom is 0.200 e. The molecule has 2 aromatic carbocycles. The summed E-state index contributed by atoms with van der Waals surface area (Å²) in [6.45, 7) is 7.53. The molecule has 0 aliphatic rings. The molecule has 0 bridgehead atoms. The molecular weight excluding hydrogens is 380 g/mol. The molecule has 1 atom stereocenters. The van der Waals surface area contributed by atoms with Gasteiger partial charge in [0.25, 0.3) is 0 Å². The summed E-state index contributed by atoms with van der Waals surface area (Å²) in [6, 6.07) is 14.3. The number of nitrogens with zero attached hydrogens (tertiary/aromatic N) is 2. The second-order valence-electron chi connectivity index (χ2n) is 6.80. The van der Waals surface area contributed by atoms with Crippen LogP contribution in [0.3, 0.4) is 0 Å².